The molecule has 0 aliphatic rings. The highest BCUT2D eigenvalue weighted by Gasteiger charge is 2.14. The highest BCUT2D eigenvalue weighted by Crippen LogP contribution is 2.18. The fraction of sp³-hybridized carbons (Fsp3) is 0.333. The van der Waals surface area contributed by atoms with Gasteiger partial charge >= 0.3 is 5.97 Å². The molecule has 1 aromatic rings. The summed E-state index contributed by atoms with van der Waals surface area (Å²) in [6.45, 7) is 1.65. The summed E-state index contributed by atoms with van der Waals surface area (Å²) < 4.78 is 0. The molecule has 0 aliphatic carbocycles. The van der Waals surface area contributed by atoms with Gasteiger partial charge in [0.05, 0.1) is 11.4 Å². The number of carboxylic acid groups (broad SMARTS) is 1. The maximum absolute atomic E-state index is 10.4. The summed E-state index contributed by atoms with van der Waals surface area (Å²) in [6, 6.07) is 0. The Hall–Kier alpha value is -0.900. The summed E-state index contributed by atoms with van der Waals surface area (Å²) in [7, 11) is 0. The fourth-order valence-electron chi connectivity index (χ4n) is 0.561. The van der Waals surface area contributed by atoms with Gasteiger partial charge in [-0.25, -0.2) is 0 Å². The van der Waals surface area contributed by atoms with E-state index in [0.717, 1.165) is 4.88 Å². The zero-order valence-corrected chi connectivity index (χ0v) is 6.26. The van der Waals surface area contributed by atoms with Crippen LogP contribution < -0.4 is 0 Å². The van der Waals surface area contributed by atoms with E-state index in [1.807, 2.05) is 0 Å². The minimum absolute atomic E-state index is 0.424. The molecule has 1 heterocycles. The first-order chi connectivity index (χ1) is 4.72. The summed E-state index contributed by atoms with van der Waals surface area (Å²) >= 11 is 1.37. The number of nitrogens with zero attached hydrogens (tertiary/aromatic N) is 1. The van der Waals surface area contributed by atoms with Gasteiger partial charge in [-0.2, -0.15) is 0 Å². The zero-order chi connectivity index (χ0) is 7.56. The molecule has 0 aliphatic heterocycles. The molecule has 4 heteroatoms. The smallest absolute Gasteiger partial charge is 0.311 e. The van der Waals surface area contributed by atoms with E-state index in [-0.39, 0.29) is 0 Å². The Kier molecular flexibility index (Phi) is 2.01. The van der Waals surface area contributed by atoms with Crippen LogP contribution in [0.1, 0.15) is 17.7 Å². The van der Waals surface area contributed by atoms with Gasteiger partial charge in [-0.05, 0) is 6.92 Å². The lowest BCUT2D eigenvalue weighted by Crippen LogP contribution is -2.05. The molecule has 1 aromatic heterocycles. The SMILES string of the molecule is C[C@@H](C(=O)O)c1cncs1. The minimum atomic E-state index is -0.802. The van der Waals surface area contributed by atoms with Crippen molar-refractivity contribution in [2.24, 2.45) is 0 Å². The Balaban J connectivity index is 2.77. The van der Waals surface area contributed by atoms with Crippen molar-refractivity contribution >= 4 is 17.3 Å². The minimum Gasteiger partial charge on any atom is -0.481 e. The van der Waals surface area contributed by atoms with Gasteiger partial charge in [0, 0.05) is 11.1 Å². The number of rotatable bonds is 2. The van der Waals surface area contributed by atoms with Crippen LogP contribution in [0.3, 0.4) is 0 Å². The summed E-state index contributed by atoms with van der Waals surface area (Å²) in [5, 5.41) is 8.53. The van der Waals surface area contributed by atoms with E-state index in [1.165, 1.54) is 11.3 Å². The summed E-state index contributed by atoms with van der Waals surface area (Å²) in [5.41, 5.74) is 1.63. The normalized spacial score (nSPS) is 12.9. The van der Waals surface area contributed by atoms with E-state index in [4.69, 9.17) is 5.11 Å². The first-order valence-corrected chi connectivity index (χ1v) is 3.71. The third-order valence-electron chi connectivity index (χ3n) is 1.25. The van der Waals surface area contributed by atoms with Crippen LogP contribution in [0.5, 0.6) is 0 Å². The lowest BCUT2D eigenvalue weighted by atomic mass is 10.2. The molecule has 1 rings (SSSR count). The lowest BCUT2D eigenvalue weighted by Gasteiger charge is -1.98. The molecule has 0 saturated carbocycles. The van der Waals surface area contributed by atoms with Crippen LogP contribution in [-0.2, 0) is 4.79 Å². The average molecular weight is 157 g/mol. The van der Waals surface area contributed by atoms with Gasteiger partial charge < -0.3 is 5.11 Å². The predicted molar refractivity (Wildman–Crippen MR) is 38.2 cm³/mol. The van der Waals surface area contributed by atoms with Crippen LogP contribution in [0.15, 0.2) is 11.7 Å². The molecule has 0 radical (unpaired) electrons. The van der Waals surface area contributed by atoms with Crippen molar-refractivity contribution in [1.29, 1.82) is 0 Å². The molecular formula is C6H7NO2S. The lowest BCUT2D eigenvalue weighted by molar-refractivity contribution is -0.138. The standard InChI is InChI=1S/C6H7NO2S/c1-4(6(8)9)5-2-7-3-10-5/h2-4H,1H3,(H,8,9)/t4-/m1/s1. The third-order valence-corrected chi connectivity index (χ3v) is 2.21. The molecular weight excluding hydrogens is 150 g/mol. The molecule has 1 atom stereocenters. The Bertz CT molecular complexity index is 220. The van der Waals surface area contributed by atoms with Gasteiger partial charge in [0.15, 0.2) is 0 Å². The van der Waals surface area contributed by atoms with E-state index < -0.39 is 11.9 Å². The number of carboxylic acids is 1. The Morgan fingerprint density at radius 2 is 2.60 bits per heavy atom. The van der Waals surface area contributed by atoms with Crippen molar-refractivity contribution in [2.45, 2.75) is 12.8 Å². The van der Waals surface area contributed by atoms with Crippen molar-refractivity contribution in [3.05, 3.63) is 16.6 Å². The van der Waals surface area contributed by atoms with Gasteiger partial charge in [0.1, 0.15) is 0 Å². The van der Waals surface area contributed by atoms with Crippen molar-refractivity contribution in [3.8, 4) is 0 Å². The summed E-state index contributed by atoms with van der Waals surface area (Å²) in [4.78, 5) is 15.0. The number of hydrogen-bond acceptors (Lipinski definition) is 3. The van der Waals surface area contributed by atoms with Crippen LogP contribution in [0.25, 0.3) is 0 Å². The van der Waals surface area contributed by atoms with Gasteiger partial charge in [-0.1, -0.05) is 0 Å². The fourth-order valence-corrected chi connectivity index (χ4v) is 1.23. The van der Waals surface area contributed by atoms with Gasteiger partial charge in [0.25, 0.3) is 0 Å². The topological polar surface area (TPSA) is 50.2 Å². The van der Waals surface area contributed by atoms with Crippen LogP contribution in [-0.4, -0.2) is 16.1 Å². The second-order valence-electron chi connectivity index (χ2n) is 1.96. The van der Waals surface area contributed by atoms with Gasteiger partial charge in [-0.3, -0.25) is 9.78 Å². The van der Waals surface area contributed by atoms with E-state index in [9.17, 15) is 4.79 Å². The highest BCUT2D eigenvalue weighted by atomic mass is 32.1. The molecule has 0 amide bonds. The second kappa shape index (κ2) is 2.79. The molecule has 0 spiro atoms. The van der Waals surface area contributed by atoms with Crippen LogP contribution in [0.2, 0.25) is 0 Å². The maximum Gasteiger partial charge on any atom is 0.311 e. The largest absolute Gasteiger partial charge is 0.481 e. The van der Waals surface area contributed by atoms with Crippen molar-refractivity contribution in [3.63, 3.8) is 0 Å². The third kappa shape index (κ3) is 1.33. The monoisotopic (exact) mass is 157 g/mol. The molecule has 3 nitrogen and oxygen atoms in total. The second-order valence-corrected chi connectivity index (χ2v) is 2.88. The zero-order valence-electron chi connectivity index (χ0n) is 5.44. The van der Waals surface area contributed by atoms with Crippen molar-refractivity contribution in [2.75, 3.05) is 0 Å². The van der Waals surface area contributed by atoms with Gasteiger partial charge in [0.2, 0.25) is 0 Å². The predicted octanol–water partition coefficient (Wildman–Crippen LogP) is 1.33. The van der Waals surface area contributed by atoms with Crippen LogP contribution in [0.4, 0.5) is 0 Å². The van der Waals surface area contributed by atoms with E-state index in [0.29, 0.717) is 0 Å². The maximum atomic E-state index is 10.4. The summed E-state index contributed by atoms with van der Waals surface area (Å²) in [6.07, 6.45) is 1.59. The Morgan fingerprint density at radius 1 is 1.90 bits per heavy atom. The highest BCUT2D eigenvalue weighted by molar-refractivity contribution is 7.09. The van der Waals surface area contributed by atoms with Crippen molar-refractivity contribution < 1.29 is 9.90 Å². The molecule has 0 saturated heterocycles. The van der Waals surface area contributed by atoms with Crippen molar-refractivity contribution in [1.82, 2.24) is 4.98 Å². The first-order valence-electron chi connectivity index (χ1n) is 2.83. The van der Waals surface area contributed by atoms with E-state index in [1.54, 1.807) is 18.6 Å². The molecule has 54 valence electrons. The molecule has 0 unspecified atom stereocenters. The van der Waals surface area contributed by atoms with Crippen LogP contribution >= 0.6 is 11.3 Å². The number of thiazole rings is 1. The van der Waals surface area contributed by atoms with E-state index in [2.05, 4.69) is 4.98 Å². The van der Waals surface area contributed by atoms with E-state index >= 15 is 0 Å². The molecule has 10 heavy (non-hydrogen) atoms. The quantitative estimate of drug-likeness (QED) is 0.704. The Morgan fingerprint density at radius 3 is 3.00 bits per heavy atom. The number of aromatic nitrogens is 1. The van der Waals surface area contributed by atoms with Gasteiger partial charge in [-0.15, -0.1) is 11.3 Å². The first kappa shape index (κ1) is 7.21. The molecule has 0 bridgehead atoms. The molecule has 0 aromatic carbocycles. The number of aliphatic carboxylic acids is 1. The summed E-state index contributed by atoms with van der Waals surface area (Å²) in [5.74, 6) is -1.23. The number of carbonyl (C=O) groups is 1. The average Bonchev–Trinajstić information content (AvgIpc) is 2.36. The Labute approximate surface area is 62.3 Å². The molecule has 1 N–H and O–H groups in total. The van der Waals surface area contributed by atoms with Crippen LogP contribution in [0, 0.1) is 0 Å². The molecule has 0 fully saturated rings. The number of hydrogen-bond donors (Lipinski definition) is 1.